The smallest absolute Gasteiger partial charge is 0.222 e. The van der Waals surface area contributed by atoms with Crippen molar-refractivity contribution in [1.82, 2.24) is 10.3 Å². The highest BCUT2D eigenvalue weighted by molar-refractivity contribution is 5.88. The first-order chi connectivity index (χ1) is 8.58. The van der Waals surface area contributed by atoms with E-state index in [2.05, 4.69) is 15.6 Å². The van der Waals surface area contributed by atoms with Crippen LogP contribution in [0.3, 0.4) is 0 Å². The monoisotopic (exact) mass is 245 g/mol. The summed E-state index contributed by atoms with van der Waals surface area (Å²) in [4.78, 5) is 15.4. The summed E-state index contributed by atoms with van der Waals surface area (Å²) in [5.41, 5.74) is 2.29. The second-order valence-electron chi connectivity index (χ2n) is 4.09. The molecule has 5 nitrogen and oxygen atoms in total. The van der Waals surface area contributed by atoms with Gasteiger partial charge in [0.25, 0.3) is 0 Å². The molecule has 0 aromatic carbocycles. The third kappa shape index (κ3) is 2.57. The quantitative estimate of drug-likeness (QED) is 0.731. The van der Waals surface area contributed by atoms with Gasteiger partial charge in [0.05, 0.1) is 5.69 Å². The Balaban J connectivity index is 2.40. The van der Waals surface area contributed by atoms with E-state index in [-0.39, 0.29) is 5.91 Å². The number of aliphatic hydroxyl groups is 1. The van der Waals surface area contributed by atoms with Crippen molar-refractivity contribution in [3.63, 3.8) is 0 Å². The molecule has 1 atom stereocenters. The number of pyridine rings is 1. The summed E-state index contributed by atoms with van der Waals surface area (Å²) in [6.07, 6.45) is 4.48. The molecule has 1 amide bonds. The Hall–Kier alpha value is -2.14. The van der Waals surface area contributed by atoms with E-state index in [4.69, 9.17) is 0 Å². The number of aliphatic hydroxyl groups excluding tert-OH is 1. The fraction of sp³-hybridized carbons (Fsp3) is 0.231. The molecule has 2 heterocycles. The molecule has 18 heavy (non-hydrogen) atoms. The van der Waals surface area contributed by atoms with Gasteiger partial charge >= 0.3 is 0 Å². The van der Waals surface area contributed by atoms with Crippen LogP contribution in [0.5, 0.6) is 0 Å². The van der Waals surface area contributed by atoms with Gasteiger partial charge in [0.15, 0.2) is 6.23 Å². The Morgan fingerprint density at radius 3 is 2.94 bits per heavy atom. The lowest BCUT2D eigenvalue weighted by molar-refractivity contribution is -0.114. The Kier molecular flexibility index (Phi) is 3.43. The third-order valence-corrected chi connectivity index (χ3v) is 2.60. The molecule has 0 fully saturated rings. The van der Waals surface area contributed by atoms with E-state index in [1.807, 2.05) is 13.0 Å². The lowest BCUT2D eigenvalue weighted by Gasteiger charge is -2.19. The van der Waals surface area contributed by atoms with Crippen LogP contribution in [-0.2, 0) is 4.79 Å². The number of rotatable bonds is 2. The van der Waals surface area contributed by atoms with Crippen LogP contribution in [0, 0.1) is 6.92 Å². The van der Waals surface area contributed by atoms with Crippen LogP contribution < -0.4 is 10.6 Å². The van der Waals surface area contributed by atoms with Crippen molar-refractivity contribution in [3.05, 3.63) is 41.7 Å². The SMILES string of the molecule is CC(=O)Nc1ccc(C)c(C2=CC=CNC2O)n1. The number of amides is 1. The molecule has 1 aromatic heterocycles. The van der Waals surface area contributed by atoms with Crippen LogP contribution in [-0.4, -0.2) is 22.2 Å². The number of nitrogens with one attached hydrogen (secondary N) is 2. The van der Waals surface area contributed by atoms with Crippen LogP contribution in [0.15, 0.2) is 30.5 Å². The van der Waals surface area contributed by atoms with Crippen LogP contribution >= 0.6 is 0 Å². The van der Waals surface area contributed by atoms with Crippen molar-refractivity contribution in [2.75, 3.05) is 5.32 Å². The molecule has 1 aromatic rings. The minimum absolute atomic E-state index is 0.173. The molecule has 1 aliphatic rings. The van der Waals surface area contributed by atoms with Gasteiger partial charge in [0.1, 0.15) is 5.82 Å². The molecule has 2 rings (SSSR count). The fourth-order valence-corrected chi connectivity index (χ4v) is 1.76. The maximum absolute atomic E-state index is 11.0. The van der Waals surface area contributed by atoms with Gasteiger partial charge in [-0.15, -0.1) is 0 Å². The number of carbonyl (C=O) groups excluding carboxylic acids is 1. The minimum atomic E-state index is -0.784. The summed E-state index contributed by atoms with van der Waals surface area (Å²) >= 11 is 0. The summed E-state index contributed by atoms with van der Waals surface area (Å²) in [6.45, 7) is 3.34. The second kappa shape index (κ2) is 5.01. The molecule has 5 heteroatoms. The van der Waals surface area contributed by atoms with Gasteiger partial charge < -0.3 is 15.7 Å². The molecule has 0 spiro atoms. The number of carbonyl (C=O) groups is 1. The van der Waals surface area contributed by atoms with Gasteiger partial charge in [-0.05, 0) is 30.8 Å². The predicted octanol–water partition coefficient (Wildman–Crippen LogP) is 1.17. The molecule has 1 aliphatic heterocycles. The lowest BCUT2D eigenvalue weighted by atomic mass is 10.0. The number of dihydropyridines is 1. The molecular weight excluding hydrogens is 230 g/mol. The average Bonchev–Trinajstić information content (AvgIpc) is 2.32. The predicted molar refractivity (Wildman–Crippen MR) is 69.5 cm³/mol. The molecule has 94 valence electrons. The van der Waals surface area contributed by atoms with Crippen molar-refractivity contribution in [2.24, 2.45) is 0 Å². The highest BCUT2D eigenvalue weighted by atomic mass is 16.3. The number of allylic oxidation sites excluding steroid dienone is 2. The highest BCUT2D eigenvalue weighted by Gasteiger charge is 2.17. The van der Waals surface area contributed by atoms with Gasteiger partial charge in [-0.1, -0.05) is 12.1 Å². The fourth-order valence-electron chi connectivity index (χ4n) is 1.76. The van der Waals surface area contributed by atoms with E-state index in [0.717, 1.165) is 5.56 Å². The van der Waals surface area contributed by atoms with Crippen LogP contribution in [0.25, 0.3) is 5.57 Å². The van der Waals surface area contributed by atoms with E-state index in [1.165, 1.54) is 6.92 Å². The topological polar surface area (TPSA) is 74.2 Å². The molecule has 3 N–H and O–H groups in total. The molecule has 0 saturated carbocycles. The van der Waals surface area contributed by atoms with Crippen molar-refractivity contribution in [1.29, 1.82) is 0 Å². The summed E-state index contributed by atoms with van der Waals surface area (Å²) in [5, 5.41) is 15.3. The molecular formula is C13H15N3O2. The first-order valence-corrected chi connectivity index (χ1v) is 5.64. The zero-order valence-electron chi connectivity index (χ0n) is 10.3. The summed E-state index contributed by atoms with van der Waals surface area (Å²) in [5.74, 6) is 0.305. The molecule has 0 bridgehead atoms. The first kappa shape index (κ1) is 12.3. The van der Waals surface area contributed by atoms with Gasteiger partial charge in [-0.3, -0.25) is 4.79 Å². The van der Waals surface area contributed by atoms with Crippen molar-refractivity contribution in [3.8, 4) is 0 Å². The van der Waals surface area contributed by atoms with Crippen molar-refractivity contribution >= 4 is 17.3 Å². The first-order valence-electron chi connectivity index (χ1n) is 5.64. The zero-order chi connectivity index (χ0) is 13.1. The van der Waals surface area contributed by atoms with Gasteiger partial charge in [-0.2, -0.15) is 0 Å². The van der Waals surface area contributed by atoms with Gasteiger partial charge in [-0.25, -0.2) is 4.98 Å². The highest BCUT2D eigenvalue weighted by Crippen LogP contribution is 2.23. The van der Waals surface area contributed by atoms with E-state index < -0.39 is 6.23 Å². The largest absolute Gasteiger partial charge is 0.369 e. The van der Waals surface area contributed by atoms with Crippen LogP contribution in [0.1, 0.15) is 18.2 Å². The van der Waals surface area contributed by atoms with E-state index in [9.17, 15) is 9.90 Å². The second-order valence-corrected chi connectivity index (χ2v) is 4.09. The summed E-state index contributed by atoms with van der Waals surface area (Å²) in [6, 6.07) is 3.60. The average molecular weight is 245 g/mol. The zero-order valence-corrected chi connectivity index (χ0v) is 10.3. The molecule has 0 aliphatic carbocycles. The van der Waals surface area contributed by atoms with Gasteiger partial charge in [0.2, 0.25) is 5.91 Å². The number of hydrogen-bond acceptors (Lipinski definition) is 4. The number of aromatic nitrogens is 1. The number of aryl methyl sites for hydroxylation is 1. The third-order valence-electron chi connectivity index (χ3n) is 2.60. The summed E-state index contributed by atoms with van der Waals surface area (Å²) in [7, 11) is 0. The van der Waals surface area contributed by atoms with E-state index in [1.54, 1.807) is 24.4 Å². The van der Waals surface area contributed by atoms with Crippen LogP contribution in [0.4, 0.5) is 5.82 Å². The molecule has 1 unspecified atom stereocenters. The Bertz CT molecular complexity index is 535. The molecule has 0 saturated heterocycles. The van der Waals surface area contributed by atoms with E-state index in [0.29, 0.717) is 17.1 Å². The van der Waals surface area contributed by atoms with Crippen molar-refractivity contribution < 1.29 is 9.90 Å². The van der Waals surface area contributed by atoms with E-state index >= 15 is 0 Å². The number of hydrogen-bond donors (Lipinski definition) is 3. The van der Waals surface area contributed by atoms with Crippen LogP contribution in [0.2, 0.25) is 0 Å². The molecule has 0 radical (unpaired) electrons. The standard InChI is InChI=1S/C13H15N3O2/c1-8-5-6-11(15-9(2)17)16-12(8)10-4-3-7-14-13(10)18/h3-7,13-14,18H,1-2H3,(H,15,16,17). The van der Waals surface area contributed by atoms with Crippen molar-refractivity contribution in [2.45, 2.75) is 20.1 Å². The normalized spacial score (nSPS) is 17.9. The summed E-state index contributed by atoms with van der Waals surface area (Å²) < 4.78 is 0. The maximum Gasteiger partial charge on any atom is 0.222 e. The number of nitrogens with zero attached hydrogens (tertiary/aromatic N) is 1. The lowest BCUT2D eigenvalue weighted by Crippen LogP contribution is -2.27. The number of anilines is 1. The maximum atomic E-state index is 11.0. The minimum Gasteiger partial charge on any atom is -0.369 e. The Morgan fingerprint density at radius 2 is 2.28 bits per heavy atom. The Morgan fingerprint density at radius 1 is 1.50 bits per heavy atom. The Labute approximate surface area is 105 Å². The van der Waals surface area contributed by atoms with Gasteiger partial charge in [0, 0.05) is 12.5 Å².